The van der Waals surface area contributed by atoms with Crippen LogP contribution in [-0.2, 0) is 6.54 Å². The lowest BCUT2D eigenvalue weighted by molar-refractivity contribution is -0.382. The van der Waals surface area contributed by atoms with E-state index in [1.807, 2.05) is 23.1 Å². The van der Waals surface area contributed by atoms with Gasteiger partial charge in [-0.3, -0.25) is 20.0 Å². The number of rotatable bonds is 5. The van der Waals surface area contributed by atoms with E-state index >= 15 is 0 Å². The second-order valence-electron chi connectivity index (χ2n) is 7.54. The third kappa shape index (κ3) is 4.00. The molecule has 2 aromatic heterocycles. The Morgan fingerprint density at radius 2 is 1.84 bits per heavy atom. The lowest BCUT2D eigenvalue weighted by Crippen LogP contribution is -2.46. The Hall–Kier alpha value is -3.56. The fourth-order valence-electron chi connectivity index (χ4n) is 3.95. The molecule has 3 heterocycles. The number of nitro groups is 1. The van der Waals surface area contributed by atoms with Gasteiger partial charge in [-0.05, 0) is 48.5 Å². The van der Waals surface area contributed by atoms with Gasteiger partial charge in [-0.25, -0.2) is 0 Å². The lowest BCUT2D eigenvalue weighted by atomic mass is 10.1. The van der Waals surface area contributed by atoms with Crippen LogP contribution in [-0.4, -0.2) is 51.1 Å². The van der Waals surface area contributed by atoms with E-state index in [-0.39, 0.29) is 10.6 Å². The van der Waals surface area contributed by atoms with Gasteiger partial charge in [0.2, 0.25) is 11.7 Å². The summed E-state index contributed by atoms with van der Waals surface area (Å²) in [6.07, 6.45) is 1.64. The Morgan fingerprint density at radius 3 is 2.59 bits per heavy atom. The van der Waals surface area contributed by atoms with E-state index in [1.54, 1.807) is 36.5 Å². The zero-order valence-corrected chi connectivity index (χ0v) is 17.8. The van der Waals surface area contributed by atoms with Gasteiger partial charge in [0.15, 0.2) is 0 Å². The molecule has 4 aromatic rings. The van der Waals surface area contributed by atoms with Crippen LogP contribution in [0.2, 0.25) is 5.02 Å². The van der Waals surface area contributed by atoms with Crippen LogP contribution in [0.1, 0.15) is 5.89 Å². The normalized spacial score (nSPS) is 14.7. The molecule has 0 N–H and O–H groups in total. The molecule has 0 bridgehead atoms. The maximum absolute atomic E-state index is 11.8. The Kier molecular flexibility index (Phi) is 5.42. The van der Waals surface area contributed by atoms with Crippen LogP contribution in [0.5, 0.6) is 0 Å². The fraction of sp³-hybridized carbons (Fsp3) is 0.227. The van der Waals surface area contributed by atoms with Crippen molar-refractivity contribution >= 4 is 33.9 Å². The van der Waals surface area contributed by atoms with E-state index in [0.29, 0.717) is 53.0 Å². The minimum atomic E-state index is -0.317. The highest BCUT2D eigenvalue weighted by Crippen LogP contribution is 2.35. The molecule has 0 spiro atoms. The molecule has 9 nitrogen and oxygen atoms in total. The molecule has 5 rings (SSSR count). The average molecular weight is 451 g/mol. The molecule has 0 saturated carbocycles. The molecular formula is C22H19ClN6O3. The first-order chi connectivity index (χ1) is 15.6. The highest BCUT2D eigenvalue weighted by Gasteiger charge is 2.27. The van der Waals surface area contributed by atoms with Gasteiger partial charge in [0.25, 0.3) is 0 Å². The molecular weight excluding hydrogens is 432 g/mol. The molecule has 1 saturated heterocycles. The van der Waals surface area contributed by atoms with Gasteiger partial charge in [0, 0.05) is 43.0 Å². The largest absolute Gasteiger partial charge is 0.363 e. The van der Waals surface area contributed by atoms with Crippen LogP contribution < -0.4 is 4.90 Å². The molecule has 0 amide bonds. The predicted octanol–water partition coefficient (Wildman–Crippen LogP) is 4.17. The zero-order valence-electron chi connectivity index (χ0n) is 17.0. The fourth-order valence-corrected chi connectivity index (χ4v) is 4.07. The second-order valence-corrected chi connectivity index (χ2v) is 7.98. The SMILES string of the molecule is O=[N+]([O-])c1c(N2CCN(Cc3nc(-c4ccc(Cl)cc4)no3)CC2)ccc2ncccc12. The van der Waals surface area contributed by atoms with Crippen molar-refractivity contribution in [3.8, 4) is 11.4 Å². The number of fused-ring (bicyclic) bond motifs is 1. The van der Waals surface area contributed by atoms with Gasteiger partial charge in [-0.15, -0.1) is 0 Å². The zero-order chi connectivity index (χ0) is 22.1. The van der Waals surface area contributed by atoms with Crippen LogP contribution in [0.3, 0.4) is 0 Å². The Bertz CT molecular complexity index is 1270. The molecule has 0 unspecified atom stereocenters. The van der Waals surface area contributed by atoms with Crippen molar-refractivity contribution in [2.75, 3.05) is 31.1 Å². The number of benzene rings is 2. The topological polar surface area (TPSA) is 101 Å². The third-order valence-electron chi connectivity index (χ3n) is 5.56. The first-order valence-corrected chi connectivity index (χ1v) is 10.5. The van der Waals surface area contributed by atoms with Crippen molar-refractivity contribution in [1.29, 1.82) is 0 Å². The molecule has 0 aliphatic carbocycles. The number of anilines is 1. The molecule has 1 aliphatic heterocycles. The molecule has 1 aliphatic rings. The van der Waals surface area contributed by atoms with Gasteiger partial charge in [0.05, 0.1) is 22.4 Å². The monoisotopic (exact) mass is 450 g/mol. The van der Waals surface area contributed by atoms with Gasteiger partial charge in [-0.1, -0.05) is 16.8 Å². The molecule has 2 aromatic carbocycles. The standard InChI is InChI=1S/C22H19ClN6O3/c23-16-5-3-15(4-6-16)22-25-20(32-26-22)14-27-10-12-28(13-11-27)19-8-7-18-17(2-1-9-24-18)21(19)29(30)31/h1-9H,10-14H2. The molecule has 162 valence electrons. The lowest BCUT2D eigenvalue weighted by Gasteiger charge is -2.35. The van der Waals surface area contributed by atoms with Crippen molar-refractivity contribution < 1.29 is 9.45 Å². The van der Waals surface area contributed by atoms with Gasteiger partial charge in [0.1, 0.15) is 5.69 Å². The number of hydrogen-bond acceptors (Lipinski definition) is 8. The smallest absolute Gasteiger partial charge is 0.301 e. The summed E-state index contributed by atoms with van der Waals surface area (Å²) in [5.41, 5.74) is 2.19. The second kappa shape index (κ2) is 8.52. The summed E-state index contributed by atoms with van der Waals surface area (Å²) in [5.74, 6) is 1.06. The number of nitrogens with zero attached hydrogens (tertiary/aromatic N) is 6. The van der Waals surface area contributed by atoms with Crippen molar-refractivity contribution in [2.45, 2.75) is 6.54 Å². The highest BCUT2D eigenvalue weighted by molar-refractivity contribution is 6.30. The van der Waals surface area contributed by atoms with E-state index in [1.165, 1.54) is 0 Å². The third-order valence-corrected chi connectivity index (χ3v) is 5.81. The predicted molar refractivity (Wildman–Crippen MR) is 121 cm³/mol. The summed E-state index contributed by atoms with van der Waals surface area (Å²) < 4.78 is 5.42. The van der Waals surface area contributed by atoms with Gasteiger partial charge < -0.3 is 9.42 Å². The number of nitro benzene ring substituents is 1. The van der Waals surface area contributed by atoms with Crippen LogP contribution in [0.25, 0.3) is 22.3 Å². The van der Waals surface area contributed by atoms with E-state index in [2.05, 4.69) is 20.0 Å². The summed E-state index contributed by atoms with van der Waals surface area (Å²) in [7, 11) is 0. The first-order valence-electron chi connectivity index (χ1n) is 10.2. The Morgan fingerprint density at radius 1 is 1.06 bits per heavy atom. The molecule has 1 fully saturated rings. The number of hydrogen-bond donors (Lipinski definition) is 0. The van der Waals surface area contributed by atoms with Crippen molar-refractivity contribution in [3.63, 3.8) is 0 Å². The highest BCUT2D eigenvalue weighted by atomic mass is 35.5. The number of piperazine rings is 1. The van der Waals surface area contributed by atoms with Crippen LogP contribution in [0.15, 0.2) is 59.3 Å². The molecule has 32 heavy (non-hydrogen) atoms. The van der Waals surface area contributed by atoms with Gasteiger partial charge in [-0.2, -0.15) is 4.98 Å². The molecule has 0 radical (unpaired) electrons. The maximum atomic E-state index is 11.8. The number of halogens is 1. The van der Waals surface area contributed by atoms with E-state index < -0.39 is 0 Å². The minimum Gasteiger partial charge on any atom is -0.363 e. The summed E-state index contributed by atoms with van der Waals surface area (Å²) in [6, 6.07) is 14.4. The maximum Gasteiger partial charge on any atom is 0.301 e. The van der Waals surface area contributed by atoms with Crippen LogP contribution >= 0.6 is 11.6 Å². The first kappa shape index (κ1) is 20.3. The van der Waals surface area contributed by atoms with Crippen LogP contribution in [0.4, 0.5) is 11.4 Å². The van der Waals surface area contributed by atoms with E-state index in [4.69, 9.17) is 16.1 Å². The summed E-state index contributed by atoms with van der Waals surface area (Å²) >= 11 is 5.93. The van der Waals surface area contributed by atoms with Crippen molar-refractivity contribution in [1.82, 2.24) is 20.0 Å². The van der Waals surface area contributed by atoms with Crippen LogP contribution in [0, 0.1) is 10.1 Å². The number of aromatic nitrogens is 3. The summed E-state index contributed by atoms with van der Waals surface area (Å²) in [4.78, 5) is 24.5. The molecule has 0 atom stereocenters. The summed E-state index contributed by atoms with van der Waals surface area (Å²) in [5, 5.41) is 17.1. The quantitative estimate of drug-likeness (QED) is 0.330. The average Bonchev–Trinajstić information content (AvgIpc) is 3.27. The molecule has 10 heteroatoms. The van der Waals surface area contributed by atoms with E-state index in [0.717, 1.165) is 18.7 Å². The van der Waals surface area contributed by atoms with E-state index in [9.17, 15) is 10.1 Å². The summed E-state index contributed by atoms with van der Waals surface area (Å²) in [6.45, 7) is 3.29. The van der Waals surface area contributed by atoms with Crippen molar-refractivity contribution in [3.05, 3.63) is 75.8 Å². The minimum absolute atomic E-state index is 0.105. The van der Waals surface area contributed by atoms with Crippen molar-refractivity contribution in [2.24, 2.45) is 0 Å². The number of pyridine rings is 1. The van der Waals surface area contributed by atoms with Gasteiger partial charge >= 0.3 is 5.69 Å². The Labute approximate surface area is 188 Å². The Balaban J connectivity index is 1.28.